The summed E-state index contributed by atoms with van der Waals surface area (Å²) in [6, 6.07) is 1.74. The molecule has 0 unspecified atom stereocenters. The summed E-state index contributed by atoms with van der Waals surface area (Å²) in [4.78, 5) is 38.2. The molecule has 31 heavy (non-hydrogen) atoms. The van der Waals surface area contributed by atoms with Crippen molar-refractivity contribution >= 4 is 17.9 Å². The monoisotopic (exact) mass is 430 g/mol. The summed E-state index contributed by atoms with van der Waals surface area (Å²) in [5, 5.41) is 0. The van der Waals surface area contributed by atoms with Gasteiger partial charge in [-0.05, 0) is 31.9 Å². The van der Waals surface area contributed by atoms with Crippen LogP contribution in [0.4, 0.5) is 0 Å². The first-order valence-electron chi connectivity index (χ1n) is 10.5. The Kier molecular flexibility index (Phi) is 4.22. The molecule has 3 fully saturated rings. The highest BCUT2D eigenvalue weighted by Gasteiger charge is 2.77. The molecule has 2 saturated carbocycles. The van der Waals surface area contributed by atoms with Gasteiger partial charge in [0.2, 0.25) is 0 Å². The van der Waals surface area contributed by atoms with Crippen molar-refractivity contribution in [2.45, 2.75) is 58.5 Å². The quantitative estimate of drug-likeness (QED) is 0.410. The van der Waals surface area contributed by atoms with Gasteiger partial charge in [-0.2, -0.15) is 0 Å². The summed E-state index contributed by atoms with van der Waals surface area (Å²) in [5.41, 5.74) is 0.345. The number of hydrogen-bond acceptors (Lipinski definition) is 8. The number of methoxy groups -OCH3 is 1. The molecule has 0 radical (unpaired) electrons. The van der Waals surface area contributed by atoms with Gasteiger partial charge in [0.15, 0.2) is 0 Å². The average molecular weight is 430 g/mol. The van der Waals surface area contributed by atoms with Crippen LogP contribution in [0.3, 0.4) is 0 Å². The van der Waals surface area contributed by atoms with E-state index in [1.54, 1.807) is 13.0 Å². The molecule has 1 saturated heterocycles. The molecule has 8 nitrogen and oxygen atoms in total. The zero-order chi connectivity index (χ0) is 22.3. The summed E-state index contributed by atoms with van der Waals surface area (Å²) in [6.07, 6.45) is 1.82. The number of ether oxygens (including phenoxy) is 4. The van der Waals surface area contributed by atoms with E-state index in [1.807, 2.05) is 13.8 Å². The maximum atomic E-state index is 13.1. The highest BCUT2D eigenvalue weighted by Crippen LogP contribution is 2.72. The van der Waals surface area contributed by atoms with Crippen molar-refractivity contribution in [3.63, 3.8) is 0 Å². The maximum Gasteiger partial charge on any atom is 0.334 e. The van der Waals surface area contributed by atoms with Gasteiger partial charge in [0, 0.05) is 29.4 Å². The Morgan fingerprint density at radius 3 is 2.61 bits per heavy atom. The lowest BCUT2D eigenvalue weighted by molar-refractivity contribution is -0.176. The molecule has 3 heterocycles. The Labute approximate surface area is 179 Å². The lowest BCUT2D eigenvalue weighted by atomic mass is 9.55. The number of furan rings is 1. The summed E-state index contributed by atoms with van der Waals surface area (Å²) in [6.45, 7) is 6.94. The first kappa shape index (κ1) is 20.3. The first-order valence-corrected chi connectivity index (χ1v) is 10.5. The molecule has 0 spiro atoms. The van der Waals surface area contributed by atoms with Gasteiger partial charge in [-0.25, -0.2) is 4.79 Å². The fraction of sp³-hybridized carbons (Fsp3) is 0.609. The number of cyclic esters (lactones) is 1. The topological polar surface area (TPSA) is 105 Å². The molecular weight excluding hydrogens is 404 g/mol. The zero-order valence-corrected chi connectivity index (χ0v) is 18.2. The first-order chi connectivity index (χ1) is 14.6. The van der Waals surface area contributed by atoms with Crippen LogP contribution in [0.2, 0.25) is 0 Å². The van der Waals surface area contributed by atoms with Crippen LogP contribution in [0.15, 0.2) is 34.2 Å². The van der Waals surface area contributed by atoms with Crippen molar-refractivity contribution in [2.24, 2.45) is 22.7 Å². The Bertz CT molecular complexity index is 993. The Balaban J connectivity index is 1.76. The van der Waals surface area contributed by atoms with E-state index in [2.05, 4.69) is 0 Å². The van der Waals surface area contributed by atoms with Gasteiger partial charge in [0.05, 0.1) is 43.2 Å². The zero-order valence-electron chi connectivity index (χ0n) is 18.2. The molecule has 1 aromatic heterocycles. The van der Waals surface area contributed by atoms with Crippen LogP contribution in [0, 0.1) is 22.7 Å². The third kappa shape index (κ3) is 2.54. The lowest BCUT2D eigenvalue weighted by Crippen LogP contribution is -2.54. The predicted molar refractivity (Wildman–Crippen MR) is 104 cm³/mol. The predicted octanol–water partition coefficient (Wildman–Crippen LogP) is 2.73. The third-order valence-electron chi connectivity index (χ3n) is 7.82. The van der Waals surface area contributed by atoms with E-state index in [-0.39, 0.29) is 18.2 Å². The second kappa shape index (κ2) is 6.45. The number of esters is 3. The Morgan fingerprint density at radius 2 is 2.00 bits per heavy atom. The number of hydrogen-bond donors (Lipinski definition) is 0. The van der Waals surface area contributed by atoms with Gasteiger partial charge in [-0.15, -0.1) is 0 Å². The molecule has 166 valence electrons. The Morgan fingerprint density at radius 1 is 1.26 bits per heavy atom. The van der Waals surface area contributed by atoms with E-state index in [4.69, 9.17) is 23.4 Å². The van der Waals surface area contributed by atoms with Crippen molar-refractivity contribution in [3.05, 3.63) is 35.3 Å². The van der Waals surface area contributed by atoms with E-state index < -0.39 is 46.8 Å². The summed E-state index contributed by atoms with van der Waals surface area (Å²) < 4.78 is 28.2. The van der Waals surface area contributed by atoms with Crippen LogP contribution in [0.25, 0.3) is 0 Å². The van der Waals surface area contributed by atoms with Gasteiger partial charge in [0.1, 0.15) is 12.2 Å². The second-order valence-electron chi connectivity index (χ2n) is 9.49. The van der Waals surface area contributed by atoms with E-state index >= 15 is 0 Å². The van der Waals surface area contributed by atoms with Crippen molar-refractivity contribution < 1.29 is 37.7 Å². The van der Waals surface area contributed by atoms with Crippen molar-refractivity contribution in [1.29, 1.82) is 0 Å². The molecule has 4 aliphatic rings. The molecule has 1 aromatic rings. The van der Waals surface area contributed by atoms with Crippen molar-refractivity contribution in [3.8, 4) is 0 Å². The van der Waals surface area contributed by atoms with Gasteiger partial charge in [-0.1, -0.05) is 6.92 Å². The van der Waals surface area contributed by atoms with Crippen LogP contribution in [0.1, 0.15) is 45.8 Å². The van der Waals surface area contributed by atoms with E-state index in [0.29, 0.717) is 17.6 Å². The molecule has 0 amide bonds. The largest absolute Gasteiger partial charge is 0.472 e. The van der Waals surface area contributed by atoms with Gasteiger partial charge < -0.3 is 23.4 Å². The second-order valence-corrected chi connectivity index (χ2v) is 9.49. The number of carbonyl (C=O) groups is 3. The number of epoxide rings is 1. The fourth-order valence-corrected chi connectivity index (χ4v) is 6.82. The minimum absolute atomic E-state index is 0.118. The summed E-state index contributed by atoms with van der Waals surface area (Å²) >= 11 is 0. The van der Waals surface area contributed by atoms with E-state index in [1.165, 1.54) is 26.6 Å². The number of fused-ring (bicyclic) bond motifs is 5. The van der Waals surface area contributed by atoms with Crippen LogP contribution in [0.5, 0.6) is 0 Å². The summed E-state index contributed by atoms with van der Waals surface area (Å²) in [7, 11) is 1.36. The lowest BCUT2D eigenvalue weighted by Gasteiger charge is -2.46. The van der Waals surface area contributed by atoms with Gasteiger partial charge >= 0.3 is 17.9 Å². The molecule has 5 rings (SSSR count). The molecular formula is C23H26O8. The molecule has 8 heteroatoms. The smallest absolute Gasteiger partial charge is 0.334 e. The highest BCUT2D eigenvalue weighted by molar-refractivity contribution is 5.91. The molecule has 0 aromatic carbocycles. The minimum Gasteiger partial charge on any atom is -0.472 e. The standard InChI is InChI=1S/C23H26O8/c1-10-15-14(16(31-20(10)25)12-6-7-28-9-12)17(29-11(2)24)18-22(3,21(26)27-5)8-13-19(30-13)23(15,18)4/h6-7,9,13-14,16-19H,8H2,1-5H3/t13-,14+,16-,17+,18-,19-,22+,23-/m1/s1. The average Bonchev–Trinajstić information content (AvgIpc) is 3.18. The Hall–Kier alpha value is -2.61. The fourth-order valence-electron chi connectivity index (χ4n) is 6.82. The van der Waals surface area contributed by atoms with E-state index in [9.17, 15) is 14.4 Å². The molecule has 0 N–H and O–H groups in total. The summed E-state index contributed by atoms with van der Waals surface area (Å²) in [5.74, 6) is -2.16. The molecule has 2 aliphatic heterocycles. The number of carbonyl (C=O) groups excluding carboxylic acids is 3. The SMILES string of the molecule is COC(=O)[C@@]1(C)C[C@H]2O[C@H]2[C@]2(C)C3=C(C)C(=O)O[C@H](c4ccoc4)[C@H]3[C@H](OC(C)=O)[C@@H]21. The number of rotatable bonds is 3. The van der Waals surface area contributed by atoms with Crippen molar-refractivity contribution in [1.82, 2.24) is 0 Å². The van der Waals surface area contributed by atoms with Crippen LogP contribution in [-0.4, -0.2) is 43.3 Å². The molecule has 0 bridgehead atoms. The van der Waals surface area contributed by atoms with Crippen LogP contribution >= 0.6 is 0 Å². The maximum absolute atomic E-state index is 13.1. The van der Waals surface area contributed by atoms with Crippen LogP contribution < -0.4 is 0 Å². The normalized spacial score (nSPS) is 42.8. The van der Waals surface area contributed by atoms with Gasteiger partial charge in [0.25, 0.3) is 0 Å². The molecule has 8 atom stereocenters. The highest BCUT2D eigenvalue weighted by atomic mass is 16.6. The van der Waals surface area contributed by atoms with E-state index in [0.717, 1.165) is 5.57 Å². The van der Waals surface area contributed by atoms with Gasteiger partial charge in [-0.3, -0.25) is 9.59 Å². The minimum atomic E-state index is -0.962. The van der Waals surface area contributed by atoms with Crippen LogP contribution in [-0.2, 0) is 33.3 Å². The van der Waals surface area contributed by atoms with Crippen molar-refractivity contribution in [2.75, 3.05) is 7.11 Å². The molecule has 2 aliphatic carbocycles. The third-order valence-corrected chi connectivity index (χ3v) is 7.82.